The average Bonchev–Trinajstić information content (AvgIpc) is 2.63. The maximum atomic E-state index is 12.6. The van der Waals surface area contributed by atoms with Crippen LogP contribution in [-0.4, -0.2) is 57.4 Å². The Morgan fingerprint density at radius 1 is 1.14 bits per heavy atom. The summed E-state index contributed by atoms with van der Waals surface area (Å²) in [7, 11) is -3.57. The van der Waals surface area contributed by atoms with Crippen molar-refractivity contribution in [2.45, 2.75) is 38.6 Å². The lowest BCUT2D eigenvalue weighted by Gasteiger charge is -2.31. The molecule has 6 nitrogen and oxygen atoms in total. The van der Waals surface area contributed by atoms with Crippen molar-refractivity contribution in [2.75, 3.05) is 33.2 Å². The summed E-state index contributed by atoms with van der Waals surface area (Å²) in [5.74, 6) is 0.715. The van der Waals surface area contributed by atoms with Gasteiger partial charge in [0.1, 0.15) is 0 Å². The van der Waals surface area contributed by atoms with Crippen molar-refractivity contribution < 1.29 is 21.6 Å². The minimum absolute atomic E-state index is 0.0904. The van der Waals surface area contributed by atoms with E-state index in [-0.39, 0.29) is 19.0 Å². The van der Waals surface area contributed by atoms with Gasteiger partial charge in [0.2, 0.25) is 0 Å². The van der Waals surface area contributed by atoms with Gasteiger partial charge < -0.3 is 10.6 Å². The van der Waals surface area contributed by atoms with Crippen LogP contribution in [-0.2, 0) is 16.4 Å². The molecule has 0 spiro atoms. The van der Waals surface area contributed by atoms with Gasteiger partial charge in [0.15, 0.2) is 5.96 Å². The van der Waals surface area contributed by atoms with Gasteiger partial charge in [-0.1, -0.05) is 29.3 Å². The predicted molar refractivity (Wildman–Crippen MR) is 108 cm³/mol. The van der Waals surface area contributed by atoms with Crippen LogP contribution in [0.3, 0.4) is 0 Å². The quantitative estimate of drug-likeness (QED) is 0.533. The third-order valence-electron chi connectivity index (χ3n) is 4.98. The van der Waals surface area contributed by atoms with Crippen LogP contribution in [0.5, 0.6) is 0 Å². The zero-order valence-electron chi connectivity index (χ0n) is 17.0. The van der Waals surface area contributed by atoms with Crippen LogP contribution in [0, 0.1) is 19.8 Å². The highest BCUT2D eigenvalue weighted by Gasteiger charge is 2.50. The summed E-state index contributed by atoms with van der Waals surface area (Å²) in [6.45, 7) is 5.12. The highest BCUT2D eigenvalue weighted by Crippen LogP contribution is 2.30. The number of hydrogen-bond donors (Lipinski definition) is 2. The van der Waals surface area contributed by atoms with Gasteiger partial charge in [-0.05, 0) is 44.6 Å². The van der Waals surface area contributed by atoms with Crippen molar-refractivity contribution in [3.8, 4) is 0 Å². The van der Waals surface area contributed by atoms with E-state index < -0.39 is 15.5 Å². The summed E-state index contributed by atoms with van der Waals surface area (Å²) in [5, 5.41) is 6.41. The largest absolute Gasteiger partial charge is 0.511 e. The number of rotatable bonds is 6. The molecule has 0 radical (unpaired) electrons. The molecule has 1 aromatic rings. The third kappa shape index (κ3) is 6.60. The SMILES string of the molecule is CN=C(NCCc1cc(C)cc(C)c1)NCC1CCN(S(=O)(=O)C(F)(F)F)CC1. The van der Waals surface area contributed by atoms with Crippen molar-refractivity contribution in [1.82, 2.24) is 14.9 Å². The second kappa shape index (κ2) is 9.80. The van der Waals surface area contributed by atoms with Gasteiger partial charge in [-0.3, -0.25) is 4.99 Å². The van der Waals surface area contributed by atoms with Gasteiger partial charge in [-0.15, -0.1) is 0 Å². The number of hydrogen-bond acceptors (Lipinski definition) is 3. The molecule has 10 heteroatoms. The van der Waals surface area contributed by atoms with Crippen molar-refractivity contribution in [3.63, 3.8) is 0 Å². The first-order chi connectivity index (χ1) is 13.5. The second-order valence-electron chi connectivity index (χ2n) is 7.42. The first kappa shape index (κ1) is 23.5. The number of piperidine rings is 1. The number of halogens is 3. The molecular weight excluding hydrogens is 405 g/mol. The Balaban J connectivity index is 1.75. The zero-order valence-corrected chi connectivity index (χ0v) is 17.8. The summed E-state index contributed by atoms with van der Waals surface area (Å²) in [6, 6.07) is 6.42. The number of alkyl halides is 3. The smallest absolute Gasteiger partial charge is 0.356 e. The molecule has 164 valence electrons. The van der Waals surface area contributed by atoms with E-state index in [0.29, 0.717) is 36.2 Å². The van der Waals surface area contributed by atoms with Crippen LogP contribution >= 0.6 is 0 Å². The summed E-state index contributed by atoms with van der Waals surface area (Å²) in [5.41, 5.74) is -1.55. The Labute approximate surface area is 170 Å². The van der Waals surface area contributed by atoms with Crippen molar-refractivity contribution in [1.29, 1.82) is 0 Å². The van der Waals surface area contributed by atoms with Gasteiger partial charge >= 0.3 is 15.5 Å². The van der Waals surface area contributed by atoms with E-state index >= 15 is 0 Å². The lowest BCUT2D eigenvalue weighted by atomic mass is 9.98. The van der Waals surface area contributed by atoms with Crippen LogP contribution in [0.25, 0.3) is 0 Å². The normalized spacial score (nSPS) is 17.4. The minimum Gasteiger partial charge on any atom is -0.356 e. The van der Waals surface area contributed by atoms with Gasteiger partial charge in [0.25, 0.3) is 0 Å². The lowest BCUT2D eigenvalue weighted by Crippen LogP contribution is -2.47. The first-order valence-corrected chi connectivity index (χ1v) is 11.0. The van der Waals surface area contributed by atoms with Gasteiger partial charge in [-0.25, -0.2) is 8.42 Å². The van der Waals surface area contributed by atoms with Gasteiger partial charge in [-0.2, -0.15) is 17.5 Å². The van der Waals surface area contributed by atoms with E-state index in [1.165, 1.54) is 16.7 Å². The highest BCUT2D eigenvalue weighted by atomic mass is 32.2. The third-order valence-corrected chi connectivity index (χ3v) is 6.61. The molecule has 2 rings (SSSR count). The Morgan fingerprint density at radius 2 is 1.72 bits per heavy atom. The molecule has 1 fully saturated rings. The van der Waals surface area contributed by atoms with Crippen LogP contribution in [0.2, 0.25) is 0 Å². The first-order valence-electron chi connectivity index (χ1n) is 9.61. The Hall–Kier alpha value is -1.81. The van der Waals surface area contributed by atoms with Crippen molar-refractivity contribution >= 4 is 16.0 Å². The van der Waals surface area contributed by atoms with E-state index in [1.54, 1.807) is 7.05 Å². The fourth-order valence-electron chi connectivity index (χ4n) is 3.50. The number of aliphatic imine (C=N–C) groups is 1. The fraction of sp³-hybridized carbons (Fsp3) is 0.632. The van der Waals surface area contributed by atoms with E-state index in [1.807, 2.05) is 0 Å². The number of nitrogens with zero attached hydrogens (tertiary/aromatic N) is 2. The van der Waals surface area contributed by atoms with E-state index in [0.717, 1.165) is 6.42 Å². The maximum Gasteiger partial charge on any atom is 0.511 e. The van der Waals surface area contributed by atoms with Crippen LogP contribution in [0.15, 0.2) is 23.2 Å². The summed E-state index contributed by atoms with van der Waals surface area (Å²) in [6.07, 6.45) is 1.60. The van der Waals surface area contributed by atoms with Crippen LogP contribution < -0.4 is 10.6 Å². The van der Waals surface area contributed by atoms with Crippen LogP contribution in [0.1, 0.15) is 29.5 Å². The topological polar surface area (TPSA) is 73.8 Å². The predicted octanol–water partition coefficient (Wildman–Crippen LogP) is 2.57. The lowest BCUT2D eigenvalue weighted by molar-refractivity contribution is -0.0496. The Morgan fingerprint density at radius 3 is 2.24 bits per heavy atom. The fourth-order valence-corrected chi connectivity index (χ4v) is 4.48. The molecule has 1 aromatic carbocycles. The summed E-state index contributed by atoms with van der Waals surface area (Å²) in [4.78, 5) is 4.16. The molecule has 0 amide bonds. The number of sulfonamides is 1. The standard InChI is InChI=1S/C19H29F3N4O2S/c1-14-10-15(2)12-17(11-14)4-7-24-18(23-3)25-13-16-5-8-26(9-6-16)29(27,28)19(20,21)22/h10-12,16H,4-9,13H2,1-3H3,(H2,23,24,25). The molecule has 0 aromatic heterocycles. The Kier molecular flexibility index (Phi) is 7.93. The second-order valence-corrected chi connectivity index (χ2v) is 9.35. The summed E-state index contributed by atoms with van der Waals surface area (Å²) >= 11 is 0. The van der Waals surface area contributed by atoms with Gasteiger partial charge in [0.05, 0.1) is 0 Å². The summed E-state index contributed by atoms with van der Waals surface area (Å²) < 4.78 is 61.3. The van der Waals surface area contributed by atoms with Crippen molar-refractivity contribution in [3.05, 3.63) is 34.9 Å². The molecule has 0 atom stereocenters. The van der Waals surface area contributed by atoms with E-state index in [4.69, 9.17) is 0 Å². The monoisotopic (exact) mass is 434 g/mol. The zero-order chi connectivity index (χ0) is 21.7. The molecule has 1 saturated heterocycles. The van der Waals surface area contributed by atoms with E-state index in [2.05, 4.69) is 47.7 Å². The molecule has 0 bridgehead atoms. The molecule has 0 saturated carbocycles. The molecule has 0 aliphatic carbocycles. The van der Waals surface area contributed by atoms with Gasteiger partial charge in [0, 0.05) is 33.2 Å². The number of aryl methyl sites for hydroxylation is 2. The Bertz CT molecular complexity index is 797. The molecule has 0 unspecified atom stereocenters. The maximum absolute atomic E-state index is 12.6. The molecule has 2 N–H and O–H groups in total. The molecule has 1 heterocycles. The molecule has 1 aliphatic heterocycles. The number of benzene rings is 1. The van der Waals surface area contributed by atoms with Crippen molar-refractivity contribution in [2.24, 2.45) is 10.9 Å². The number of nitrogens with one attached hydrogen (secondary N) is 2. The molecule has 29 heavy (non-hydrogen) atoms. The average molecular weight is 435 g/mol. The van der Waals surface area contributed by atoms with E-state index in [9.17, 15) is 21.6 Å². The minimum atomic E-state index is -5.24. The number of guanidine groups is 1. The van der Waals surface area contributed by atoms with Crippen LogP contribution in [0.4, 0.5) is 13.2 Å². The molecule has 1 aliphatic rings. The molecular formula is C19H29F3N4O2S. The highest BCUT2D eigenvalue weighted by molar-refractivity contribution is 7.90.